The summed E-state index contributed by atoms with van der Waals surface area (Å²) in [5.41, 5.74) is -0.309. The second kappa shape index (κ2) is 6.98. The molecule has 0 spiro atoms. The smallest absolute Gasteiger partial charge is 0.0789 e. The lowest BCUT2D eigenvalue weighted by molar-refractivity contribution is -0.0109. The summed E-state index contributed by atoms with van der Waals surface area (Å²) in [4.78, 5) is 0. The average molecular weight is 239 g/mol. The van der Waals surface area contributed by atoms with Gasteiger partial charge in [0, 0.05) is 0 Å². The van der Waals surface area contributed by atoms with Crippen LogP contribution in [0.15, 0.2) is 0 Å². The van der Waals surface area contributed by atoms with E-state index in [9.17, 15) is 10.4 Å². The molecule has 3 heteroatoms. The van der Waals surface area contributed by atoms with E-state index in [4.69, 9.17) is 4.74 Å². The quantitative estimate of drug-likeness (QED) is 0.750. The van der Waals surface area contributed by atoms with E-state index in [-0.39, 0.29) is 11.5 Å². The first-order valence-electron chi connectivity index (χ1n) is 6.79. The molecule has 0 bridgehead atoms. The van der Waals surface area contributed by atoms with Crippen LogP contribution < -0.4 is 0 Å². The predicted molar refractivity (Wildman–Crippen MR) is 67.5 cm³/mol. The van der Waals surface area contributed by atoms with E-state index >= 15 is 0 Å². The SMILES string of the molecule is CC(C)OCC(O)CC1(C#N)CCCCCC1. The first-order chi connectivity index (χ1) is 8.08. The number of nitrogens with zero attached hydrogens (tertiary/aromatic N) is 1. The van der Waals surface area contributed by atoms with Gasteiger partial charge in [-0.25, -0.2) is 0 Å². The predicted octanol–water partition coefficient (Wildman–Crippen LogP) is 3.03. The Morgan fingerprint density at radius 3 is 2.29 bits per heavy atom. The largest absolute Gasteiger partial charge is 0.391 e. The van der Waals surface area contributed by atoms with Crippen molar-refractivity contribution in [2.75, 3.05) is 6.61 Å². The maximum atomic E-state index is 9.96. The van der Waals surface area contributed by atoms with Crippen LogP contribution in [-0.4, -0.2) is 23.9 Å². The van der Waals surface area contributed by atoms with Crippen molar-refractivity contribution in [3.8, 4) is 6.07 Å². The standard InChI is InChI=1S/C14H25NO2/c1-12(2)17-10-13(16)9-14(11-15)7-5-3-4-6-8-14/h12-13,16H,3-10H2,1-2H3. The molecule has 1 atom stereocenters. The fourth-order valence-corrected chi connectivity index (χ4v) is 2.58. The second-order valence-electron chi connectivity index (χ2n) is 5.55. The van der Waals surface area contributed by atoms with E-state index in [0.717, 1.165) is 25.7 Å². The molecule has 0 aliphatic heterocycles. The molecule has 1 N–H and O–H groups in total. The maximum absolute atomic E-state index is 9.96. The lowest BCUT2D eigenvalue weighted by Crippen LogP contribution is -2.28. The molecule has 3 nitrogen and oxygen atoms in total. The highest BCUT2D eigenvalue weighted by atomic mass is 16.5. The molecular weight excluding hydrogens is 214 g/mol. The summed E-state index contributed by atoms with van der Waals surface area (Å²) in [7, 11) is 0. The summed E-state index contributed by atoms with van der Waals surface area (Å²) >= 11 is 0. The fourth-order valence-electron chi connectivity index (χ4n) is 2.58. The summed E-state index contributed by atoms with van der Waals surface area (Å²) in [5, 5.41) is 19.4. The van der Waals surface area contributed by atoms with Crippen LogP contribution in [0.2, 0.25) is 0 Å². The van der Waals surface area contributed by atoms with Gasteiger partial charge < -0.3 is 9.84 Å². The van der Waals surface area contributed by atoms with Crippen molar-refractivity contribution < 1.29 is 9.84 Å². The van der Waals surface area contributed by atoms with Gasteiger partial charge in [0.05, 0.1) is 30.3 Å². The van der Waals surface area contributed by atoms with Gasteiger partial charge in [-0.3, -0.25) is 0 Å². The van der Waals surface area contributed by atoms with Gasteiger partial charge in [0.25, 0.3) is 0 Å². The Hall–Kier alpha value is -0.590. The molecule has 1 rings (SSSR count). The summed E-state index contributed by atoms with van der Waals surface area (Å²) < 4.78 is 5.41. The number of nitriles is 1. The summed E-state index contributed by atoms with van der Waals surface area (Å²) in [5.74, 6) is 0. The van der Waals surface area contributed by atoms with Crippen LogP contribution in [0.5, 0.6) is 0 Å². The van der Waals surface area contributed by atoms with Gasteiger partial charge in [0.2, 0.25) is 0 Å². The molecule has 1 aliphatic rings. The van der Waals surface area contributed by atoms with Gasteiger partial charge in [-0.1, -0.05) is 25.7 Å². The third-order valence-electron chi connectivity index (χ3n) is 3.55. The monoisotopic (exact) mass is 239 g/mol. The molecule has 0 aromatic carbocycles. The summed E-state index contributed by atoms with van der Waals surface area (Å²) in [6.45, 7) is 4.26. The second-order valence-corrected chi connectivity index (χ2v) is 5.55. The Bertz CT molecular complexity index is 249. The zero-order valence-electron chi connectivity index (χ0n) is 11.1. The van der Waals surface area contributed by atoms with Crippen molar-refractivity contribution in [3.63, 3.8) is 0 Å². The van der Waals surface area contributed by atoms with Gasteiger partial charge >= 0.3 is 0 Å². The first kappa shape index (κ1) is 14.5. The normalized spacial score (nSPS) is 21.8. The van der Waals surface area contributed by atoms with Gasteiger partial charge in [0.15, 0.2) is 0 Å². The van der Waals surface area contributed by atoms with E-state index in [1.807, 2.05) is 13.8 Å². The van der Waals surface area contributed by atoms with Crippen LogP contribution in [0.4, 0.5) is 0 Å². The summed E-state index contributed by atoms with van der Waals surface area (Å²) in [6.07, 6.45) is 6.74. The number of ether oxygens (including phenoxy) is 1. The molecule has 17 heavy (non-hydrogen) atoms. The van der Waals surface area contributed by atoms with Gasteiger partial charge in [0.1, 0.15) is 0 Å². The molecule has 98 valence electrons. The molecule has 0 amide bonds. The number of rotatable bonds is 5. The minimum Gasteiger partial charge on any atom is -0.391 e. The number of aliphatic hydroxyl groups is 1. The maximum Gasteiger partial charge on any atom is 0.0789 e. The Morgan fingerprint density at radius 2 is 1.82 bits per heavy atom. The molecule has 1 unspecified atom stereocenters. The van der Waals surface area contributed by atoms with Crippen molar-refractivity contribution in [2.24, 2.45) is 5.41 Å². The van der Waals surface area contributed by atoms with E-state index in [1.165, 1.54) is 12.8 Å². The van der Waals surface area contributed by atoms with Crippen LogP contribution in [0.3, 0.4) is 0 Å². The average Bonchev–Trinajstić information content (AvgIpc) is 2.53. The molecule has 0 heterocycles. The number of aliphatic hydroxyl groups excluding tert-OH is 1. The Balaban J connectivity index is 2.46. The van der Waals surface area contributed by atoms with Crippen LogP contribution >= 0.6 is 0 Å². The van der Waals surface area contributed by atoms with Crippen molar-refractivity contribution >= 4 is 0 Å². The number of hydrogen-bond acceptors (Lipinski definition) is 3. The minimum atomic E-state index is -0.504. The minimum absolute atomic E-state index is 0.136. The zero-order valence-corrected chi connectivity index (χ0v) is 11.1. The van der Waals surface area contributed by atoms with E-state index in [2.05, 4.69) is 6.07 Å². The van der Waals surface area contributed by atoms with Crippen LogP contribution in [-0.2, 0) is 4.74 Å². The fraction of sp³-hybridized carbons (Fsp3) is 0.929. The third kappa shape index (κ3) is 5.06. The molecule has 0 saturated heterocycles. The molecule has 0 radical (unpaired) electrons. The lowest BCUT2D eigenvalue weighted by atomic mass is 9.77. The van der Waals surface area contributed by atoms with Crippen molar-refractivity contribution in [2.45, 2.75) is 71.0 Å². The zero-order chi connectivity index (χ0) is 12.7. The highest BCUT2D eigenvalue weighted by molar-refractivity contribution is 5.00. The highest BCUT2D eigenvalue weighted by Gasteiger charge is 2.33. The molecule has 0 aromatic rings. The van der Waals surface area contributed by atoms with Gasteiger partial charge in [-0.2, -0.15) is 5.26 Å². The molecule has 1 aliphatic carbocycles. The molecule has 1 fully saturated rings. The number of hydrogen-bond donors (Lipinski definition) is 1. The van der Waals surface area contributed by atoms with E-state index < -0.39 is 6.10 Å². The first-order valence-corrected chi connectivity index (χ1v) is 6.79. The van der Waals surface area contributed by atoms with Crippen LogP contribution in [0.25, 0.3) is 0 Å². The van der Waals surface area contributed by atoms with Crippen LogP contribution in [0, 0.1) is 16.7 Å². The van der Waals surface area contributed by atoms with Crippen LogP contribution in [0.1, 0.15) is 58.8 Å². The van der Waals surface area contributed by atoms with Gasteiger partial charge in [-0.15, -0.1) is 0 Å². The molecule has 0 aromatic heterocycles. The van der Waals surface area contributed by atoms with Crippen molar-refractivity contribution in [1.82, 2.24) is 0 Å². The van der Waals surface area contributed by atoms with E-state index in [0.29, 0.717) is 13.0 Å². The van der Waals surface area contributed by atoms with E-state index in [1.54, 1.807) is 0 Å². The van der Waals surface area contributed by atoms with Crippen molar-refractivity contribution in [1.29, 1.82) is 5.26 Å². The Labute approximate surface area is 105 Å². The summed E-state index contributed by atoms with van der Waals surface area (Å²) in [6, 6.07) is 2.46. The van der Waals surface area contributed by atoms with Gasteiger partial charge in [-0.05, 0) is 33.1 Å². The van der Waals surface area contributed by atoms with Crippen molar-refractivity contribution in [3.05, 3.63) is 0 Å². The third-order valence-corrected chi connectivity index (χ3v) is 3.55. The molecule has 1 saturated carbocycles. The lowest BCUT2D eigenvalue weighted by Gasteiger charge is -2.27. The Morgan fingerprint density at radius 1 is 1.24 bits per heavy atom. The topological polar surface area (TPSA) is 53.2 Å². The Kier molecular flexibility index (Phi) is 5.94. The highest BCUT2D eigenvalue weighted by Crippen LogP contribution is 2.38. The molecular formula is C14H25NO2.